The summed E-state index contributed by atoms with van der Waals surface area (Å²) in [6, 6.07) is 0. The molecule has 2 saturated heterocycles. The zero-order chi connectivity index (χ0) is 41.1. The fourth-order valence-electron chi connectivity index (χ4n) is 8.90. The monoisotopic (exact) mass is 786 g/mol. The topological polar surface area (TPSA) is 86.7 Å². The van der Waals surface area contributed by atoms with Gasteiger partial charge >= 0.3 is 0 Å². The minimum Gasteiger partial charge on any atom is -0.388 e. The molecular formula is C48H83NO7. The van der Waals surface area contributed by atoms with E-state index < -0.39 is 11.9 Å². The van der Waals surface area contributed by atoms with E-state index in [4.69, 9.17) is 23.8 Å². The number of allylic oxidation sites excluding steroid dienone is 6. The molecule has 0 amide bonds. The Kier molecular flexibility index (Phi) is 22.4. The predicted molar refractivity (Wildman–Crippen MR) is 229 cm³/mol. The number of piperidine rings is 1. The van der Waals surface area contributed by atoms with Gasteiger partial charge in [0, 0.05) is 59.1 Å². The van der Waals surface area contributed by atoms with Gasteiger partial charge in [0.05, 0.1) is 30.5 Å². The second kappa shape index (κ2) is 25.8. The van der Waals surface area contributed by atoms with Gasteiger partial charge in [0.1, 0.15) is 5.78 Å². The first-order chi connectivity index (χ1) is 26.8. The van der Waals surface area contributed by atoms with Crippen LogP contribution >= 0.6 is 0 Å². The van der Waals surface area contributed by atoms with E-state index >= 15 is 0 Å². The van der Waals surface area contributed by atoms with Crippen LogP contribution in [0.25, 0.3) is 0 Å². The van der Waals surface area contributed by atoms with Gasteiger partial charge in [0.15, 0.2) is 5.79 Å². The smallest absolute Gasteiger partial charge is 0.187 e. The molecule has 8 nitrogen and oxygen atoms in total. The summed E-state index contributed by atoms with van der Waals surface area (Å²) >= 11 is 0. The van der Waals surface area contributed by atoms with Crippen LogP contribution in [-0.4, -0.2) is 86.7 Å². The molecule has 2 aliphatic heterocycles. The van der Waals surface area contributed by atoms with Crippen molar-refractivity contribution in [1.29, 1.82) is 0 Å². The van der Waals surface area contributed by atoms with Crippen molar-refractivity contribution in [3.05, 3.63) is 47.6 Å². The average Bonchev–Trinajstić information content (AvgIpc) is 3.18. The summed E-state index contributed by atoms with van der Waals surface area (Å²) in [5.74, 6) is 1.08. The normalized spacial score (nSPS) is 29.3. The average molecular weight is 786 g/mol. The quantitative estimate of drug-likeness (QED) is 0.0765. The summed E-state index contributed by atoms with van der Waals surface area (Å²) in [4.78, 5) is 19.6. The molecule has 0 spiro atoms. The number of hydroxylamine groups is 2. The van der Waals surface area contributed by atoms with Crippen molar-refractivity contribution in [3.8, 4) is 0 Å². The molecule has 3 fully saturated rings. The Morgan fingerprint density at radius 2 is 1.59 bits per heavy atom. The van der Waals surface area contributed by atoms with E-state index in [-0.39, 0.29) is 42.4 Å². The van der Waals surface area contributed by atoms with Gasteiger partial charge in [0.25, 0.3) is 0 Å². The molecule has 0 aromatic heterocycles. The lowest BCUT2D eigenvalue weighted by Crippen LogP contribution is -2.51. The highest BCUT2D eigenvalue weighted by Crippen LogP contribution is 2.38. The molecule has 3 rings (SSSR count). The second-order valence-corrected chi connectivity index (χ2v) is 18.0. The highest BCUT2D eigenvalue weighted by atomic mass is 16.8. The SMILES string of the molecule is COC1CCC(CC[C@H](CCC(C)/C=C(\C)C(O)CC(=O)C(C)CC(C)/C=C/C=C/C=C(\C)[C@H](C[C@@H]2CC[C@@H](C)[C@@](C)(ON3CCCCC3)O2)OC)OC)CC1. The summed E-state index contributed by atoms with van der Waals surface area (Å²) in [6.45, 7) is 16.7. The molecule has 4 unspecified atom stereocenters. The maximum atomic E-state index is 13.1. The summed E-state index contributed by atoms with van der Waals surface area (Å²) in [6.07, 6.45) is 29.3. The van der Waals surface area contributed by atoms with Gasteiger partial charge in [-0.25, -0.2) is 0 Å². The van der Waals surface area contributed by atoms with Crippen LogP contribution in [0.4, 0.5) is 0 Å². The zero-order valence-electron chi connectivity index (χ0n) is 37.3. The van der Waals surface area contributed by atoms with Crippen molar-refractivity contribution in [1.82, 2.24) is 5.06 Å². The molecule has 8 heteroatoms. The predicted octanol–water partition coefficient (Wildman–Crippen LogP) is 10.7. The number of hydrogen-bond donors (Lipinski definition) is 1. The van der Waals surface area contributed by atoms with E-state index in [2.05, 4.69) is 70.1 Å². The zero-order valence-corrected chi connectivity index (χ0v) is 37.3. The van der Waals surface area contributed by atoms with E-state index in [1.807, 2.05) is 34.1 Å². The fourth-order valence-corrected chi connectivity index (χ4v) is 8.90. The molecular weight excluding hydrogens is 703 g/mol. The third-order valence-corrected chi connectivity index (χ3v) is 13.2. The Labute approximate surface area is 342 Å². The number of carbonyl (C=O) groups excluding carboxylic acids is 1. The fraction of sp³-hybridized carbons (Fsp3) is 0.812. The van der Waals surface area contributed by atoms with E-state index in [1.165, 1.54) is 51.4 Å². The van der Waals surface area contributed by atoms with Crippen LogP contribution in [-0.2, 0) is 28.6 Å². The number of methoxy groups -OCH3 is 3. The van der Waals surface area contributed by atoms with Gasteiger partial charge in [-0.05, 0) is 133 Å². The minimum atomic E-state index is -0.738. The molecule has 56 heavy (non-hydrogen) atoms. The number of aliphatic hydroxyl groups is 1. The lowest BCUT2D eigenvalue weighted by atomic mass is 9.83. The first kappa shape index (κ1) is 48.7. The Bertz CT molecular complexity index is 1230. The number of rotatable bonds is 24. The van der Waals surface area contributed by atoms with Crippen LogP contribution in [0.1, 0.15) is 151 Å². The maximum absolute atomic E-state index is 13.1. The Morgan fingerprint density at radius 1 is 0.875 bits per heavy atom. The Morgan fingerprint density at radius 3 is 2.25 bits per heavy atom. The standard InChI is InChI=1S/C48H83NO7/c1-35(17-13-11-14-18-37(3)47(54-10)33-44-25-20-40(6)48(7,55-44)56-49-29-15-12-16-30-49)31-38(4)45(50)34-46(51)39(5)32-36(2)19-24-42(52-8)26-21-41-22-27-43(53-9)28-23-41/h11,13-14,17-18,32,35-36,38,40-44,46-47,51H,12,15-16,19-31,33-34H2,1-10H3/b14-11+,17-13+,37-18+,39-32+/t35?,36?,38?,40-,41?,42+,43?,44+,46?,47+,48-/m1/s1. The molecule has 322 valence electrons. The van der Waals surface area contributed by atoms with Crippen molar-refractivity contribution in [3.63, 3.8) is 0 Å². The van der Waals surface area contributed by atoms with Crippen molar-refractivity contribution in [2.45, 2.75) is 188 Å². The summed E-state index contributed by atoms with van der Waals surface area (Å²) < 4.78 is 23.9. The van der Waals surface area contributed by atoms with E-state index in [9.17, 15) is 9.90 Å². The molecule has 2 heterocycles. The summed E-state index contributed by atoms with van der Waals surface area (Å²) in [7, 11) is 5.43. The minimum absolute atomic E-state index is 0.0290. The van der Waals surface area contributed by atoms with Crippen LogP contribution in [0.3, 0.4) is 0 Å². The molecule has 0 bridgehead atoms. The van der Waals surface area contributed by atoms with E-state index in [1.54, 1.807) is 7.11 Å². The van der Waals surface area contributed by atoms with Gasteiger partial charge in [-0.2, -0.15) is 5.06 Å². The highest BCUT2D eigenvalue weighted by Gasteiger charge is 2.42. The van der Waals surface area contributed by atoms with Gasteiger partial charge in [-0.1, -0.05) is 70.6 Å². The van der Waals surface area contributed by atoms with E-state index in [0.717, 1.165) is 75.1 Å². The van der Waals surface area contributed by atoms with Crippen LogP contribution < -0.4 is 0 Å². The molecule has 9 atom stereocenters. The third kappa shape index (κ3) is 17.3. The number of Topliss-reactive ketones (excluding diaryl/α,β-unsaturated/α-hetero) is 1. The number of ether oxygens (including phenoxy) is 4. The molecule has 0 aromatic carbocycles. The molecule has 3 aliphatic rings. The van der Waals surface area contributed by atoms with Gasteiger partial charge < -0.3 is 24.1 Å². The Hall–Kier alpha value is -1.65. The number of nitrogens with zero attached hydrogens (tertiary/aromatic N) is 1. The lowest BCUT2D eigenvalue weighted by molar-refractivity contribution is -0.383. The summed E-state index contributed by atoms with van der Waals surface area (Å²) in [5, 5.41) is 13.0. The number of carbonyl (C=O) groups is 1. The highest BCUT2D eigenvalue weighted by molar-refractivity contribution is 5.81. The van der Waals surface area contributed by atoms with Crippen LogP contribution in [0.15, 0.2) is 47.6 Å². The first-order valence-corrected chi connectivity index (χ1v) is 22.4. The Balaban J connectivity index is 1.37. The van der Waals surface area contributed by atoms with Crippen molar-refractivity contribution in [2.75, 3.05) is 34.4 Å². The number of aliphatic hydroxyl groups excluding tert-OH is 1. The molecule has 0 aromatic rings. The summed E-state index contributed by atoms with van der Waals surface area (Å²) in [5.41, 5.74) is 2.05. The second-order valence-electron chi connectivity index (χ2n) is 18.0. The van der Waals surface area contributed by atoms with Crippen LogP contribution in [0.5, 0.6) is 0 Å². The lowest BCUT2D eigenvalue weighted by Gasteiger charge is -2.46. The maximum Gasteiger partial charge on any atom is 0.187 e. The van der Waals surface area contributed by atoms with E-state index in [0.29, 0.717) is 17.9 Å². The van der Waals surface area contributed by atoms with Crippen molar-refractivity contribution in [2.24, 2.45) is 29.6 Å². The van der Waals surface area contributed by atoms with Gasteiger partial charge in [0.2, 0.25) is 0 Å². The first-order valence-electron chi connectivity index (χ1n) is 22.4. The molecule has 1 aliphatic carbocycles. The van der Waals surface area contributed by atoms with Crippen molar-refractivity contribution >= 4 is 5.78 Å². The van der Waals surface area contributed by atoms with Crippen LogP contribution in [0.2, 0.25) is 0 Å². The molecule has 1 N–H and O–H groups in total. The van der Waals surface area contributed by atoms with Crippen molar-refractivity contribution < 1.29 is 33.7 Å². The number of ketones is 1. The van der Waals surface area contributed by atoms with Gasteiger partial charge in [-0.15, -0.1) is 0 Å². The van der Waals surface area contributed by atoms with Gasteiger partial charge in [-0.3, -0.25) is 9.63 Å². The largest absolute Gasteiger partial charge is 0.388 e. The van der Waals surface area contributed by atoms with Crippen LogP contribution in [0, 0.1) is 29.6 Å². The molecule has 0 radical (unpaired) electrons. The third-order valence-electron chi connectivity index (χ3n) is 13.2. The number of hydrogen-bond acceptors (Lipinski definition) is 8. The molecule has 1 saturated carbocycles.